The van der Waals surface area contributed by atoms with Gasteiger partial charge in [0.2, 0.25) is 11.8 Å². The molecule has 0 fully saturated rings. The number of nitrogens with zero attached hydrogens (tertiary/aromatic N) is 2. The molecule has 3 amide bonds. The third-order valence-corrected chi connectivity index (χ3v) is 3.30. The summed E-state index contributed by atoms with van der Waals surface area (Å²) in [7, 11) is 0. The number of hydrazine groups is 1. The van der Waals surface area contributed by atoms with Crippen molar-refractivity contribution in [2.75, 3.05) is 0 Å². The van der Waals surface area contributed by atoms with Gasteiger partial charge in [0.1, 0.15) is 5.58 Å². The molecule has 3 rings (SSSR count). The van der Waals surface area contributed by atoms with Gasteiger partial charge in [-0.1, -0.05) is 18.2 Å². The summed E-state index contributed by atoms with van der Waals surface area (Å²) in [6.07, 6.45) is 0. The van der Waals surface area contributed by atoms with Crippen LogP contribution in [0.2, 0.25) is 0 Å². The summed E-state index contributed by atoms with van der Waals surface area (Å²) in [6.45, 7) is 2.70. The number of carbonyl (C=O) groups excluding carboxylic acids is 3. The molecule has 2 aromatic rings. The fourth-order valence-electron chi connectivity index (χ4n) is 2.42. The Morgan fingerprint density at radius 2 is 1.85 bits per heavy atom. The highest BCUT2D eigenvalue weighted by molar-refractivity contribution is 6.08. The van der Waals surface area contributed by atoms with Crippen LogP contribution in [0.25, 0.3) is 11.0 Å². The normalized spacial score (nSPS) is 14.6. The van der Waals surface area contributed by atoms with Crippen LogP contribution in [0.15, 0.2) is 28.7 Å². The van der Waals surface area contributed by atoms with Crippen molar-refractivity contribution in [1.29, 1.82) is 0 Å². The van der Waals surface area contributed by atoms with Gasteiger partial charge in [-0.2, -0.15) is 5.01 Å². The Bertz CT molecular complexity index is 747. The van der Waals surface area contributed by atoms with Crippen LogP contribution in [-0.4, -0.2) is 27.7 Å². The SMILES string of the molecule is CC(=O)N1Cc2c(oc3ccccc23)C(=O)N1C(C)=O. The van der Waals surface area contributed by atoms with Crippen LogP contribution in [0.1, 0.15) is 30.0 Å². The molecule has 0 radical (unpaired) electrons. The van der Waals surface area contributed by atoms with E-state index < -0.39 is 11.8 Å². The maximum Gasteiger partial charge on any atom is 0.315 e. The second kappa shape index (κ2) is 4.19. The molecule has 0 saturated heterocycles. The van der Waals surface area contributed by atoms with Gasteiger partial charge in [0.15, 0.2) is 5.76 Å². The average Bonchev–Trinajstić information content (AvgIpc) is 2.77. The first-order chi connectivity index (χ1) is 9.50. The first kappa shape index (κ1) is 12.4. The molecule has 1 aromatic carbocycles. The molecule has 1 aliphatic rings. The first-order valence-corrected chi connectivity index (χ1v) is 6.14. The minimum Gasteiger partial charge on any atom is -0.450 e. The Kier molecular flexibility index (Phi) is 2.60. The fourth-order valence-corrected chi connectivity index (χ4v) is 2.42. The van der Waals surface area contributed by atoms with Gasteiger partial charge in [0.25, 0.3) is 0 Å². The van der Waals surface area contributed by atoms with Gasteiger partial charge in [0, 0.05) is 24.8 Å². The van der Waals surface area contributed by atoms with E-state index in [0.29, 0.717) is 11.1 Å². The Morgan fingerprint density at radius 3 is 2.50 bits per heavy atom. The van der Waals surface area contributed by atoms with Crippen LogP contribution in [0.4, 0.5) is 0 Å². The van der Waals surface area contributed by atoms with Crippen molar-refractivity contribution in [2.24, 2.45) is 0 Å². The molecule has 6 heteroatoms. The number of para-hydroxylation sites is 1. The zero-order chi connectivity index (χ0) is 14.4. The minimum atomic E-state index is -0.606. The standard InChI is InChI=1S/C14H12N2O4/c1-8(17)15-7-11-10-5-3-4-6-12(10)20-13(11)14(19)16(15)9(2)18/h3-6H,7H2,1-2H3. The number of furan rings is 1. The van der Waals surface area contributed by atoms with Crippen LogP contribution >= 0.6 is 0 Å². The smallest absolute Gasteiger partial charge is 0.315 e. The van der Waals surface area contributed by atoms with E-state index in [1.54, 1.807) is 12.1 Å². The highest BCUT2D eigenvalue weighted by Crippen LogP contribution is 2.32. The van der Waals surface area contributed by atoms with Gasteiger partial charge < -0.3 is 4.42 Å². The maximum absolute atomic E-state index is 12.4. The zero-order valence-electron chi connectivity index (χ0n) is 11.0. The summed E-state index contributed by atoms with van der Waals surface area (Å²) in [5.74, 6) is -1.37. The summed E-state index contributed by atoms with van der Waals surface area (Å²) in [4.78, 5) is 35.7. The van der Waals surface area contributed by atoms with E-state index in [9.17, 15) is 14.4 Å². The molecule has 0 aliphatic carbocycles. The van der Waals surface area contributed by atoms with Gasteiger partial charge >= 0.3 is 5.91 Å². The minimum absolute atomic E-state index is 0.124. The maximum atomic E-state index is 12.4. The van der Waals surface area contributed by atoms with E-state index in [-0.39, 0.29) is 18.2 Å². The summed E-state index contributed by atoms with van der Waals surface area (Å²) >= 11 is 0. The van der Waals surface area contributed by atoms with E-state index in [4.69, 9.17) is 4.42 Å². The predicted octanol–water partition coefficient (Wildman–Crippen LogP) is 1.70. The fraction of sp³-hybridized carbons (Fsp3) is 0.214. The number of imide groups is 1. The molecule has 0 N–H and O–H groups in total. The molecule has 102 valence electrons. The van der Waals surface area contributed by atoms with E-state index in [1.807, 2.05) is 12.1 Å². The van der Waals surface area contributed by atoms with E-state index in [0.717, 1.165) is 15.4 Å². The van der Waals surface area contributed by atoms with Crippen molar-refractivity contribution in [3.05, 3.63) is 35.6 Å². The Labute approximate surface area is 114 Å². The molecule has 0 bridgehead atoms. The molecule has 1 aliphatic heterocycles. The third-order valence-electron chi connectivity index (χ3n) is 3.30. The average molecular weight is 272 g/mol. The zero-order valence-corrected chi connectivity index (χ0v) is 11.0. The van der Waals surface area contributed by atoms with Crippen LogP contribution in [0, 0.1) is 0 Å². The van der Waals surface area contributed by atoms with E-state index in [1.165, 1.54) is 13.8 Å². The van der Waals surface area contributed by atoms with Gasteiger partial charge in [-0.05, 0) is 6.07 Å². The van der Waals surface area contributed by atoms with E-state index in [2.05, 4.69) is 0 Å². The topological polar surface area (TPSA) is 70.8 Å². The first-order valence-electron chi connectivity index (χ1n) is 6.14. The van der Waals surface area contributed by atoms with Crippen molar-refractivity contribution in [2.45, 2.75) is 20.4 Å². The lowest BCUT2D eigenvalue weighted by Gasteiger charge is -2.34. The summed E-state index contributed by atoms with van der Waals surface area (Å²) in [5.41, 5.74) is 1.21. The predicted molar refractivity (Wildman–Crippen MR) is 69.3 cm³/mol. The largest absolute Gasteiger partial charge is 0.450 e. The molecule has 0 saturated carbocycles. The lowest BCUT2D eigenvalue weighted by atomic mass is 10.1. The molecular formula is C14H12N2O4. The number of rotatable bonds is 0. The lowest BCUT2D eigenvalue weighted by Crippen LogP contribution is -2.53. The van der Waals surface area contributed by atoms with Gasteiger partial charge in [0.05, 0.1) is 6.54 Å². The van der Waals surface area contributed by atoms with Crippen LogP contribution < -0.4 is 0 Å². The Hall–Kier alpha value is -2.63. The lowest BCUT2D eigenvalue weighted by molar-refractivity contribution is -0.157. The summed E-state index contributed by atoms with van der Waals surface area (Å²) in [5, 5.41) is 2.74. The number of benzene rings is 1. The molecule has 0 spiro atoms. The second-order valence-electron chi connectivity index (χ2n) is 4.62. The molecular weight excluding hydrogens is 260 g/mol. The van der Waals surface area contributed by atoms with Crippen molar-refractivity contribution < 1.29 is 18.8 Å². The number of fused-ring (bicyclic) bond motifs is 3. The molecule has 1 aromatic heterocycles. The number of carbonyl (C=O) groups is 3. The molecule has 0 atom stereocenters. The highest BCUT2D eigenvalue weighted by atomic mass is 16.4. The van der Waals surface area contributed by atoms with Crippen LogP contribution in [0.3, 0.4) is 0 Å². The molecule has 20 heavy (non-hydrogen) atoms. The van der Waals surface area contributed by atoms with Gasteiger partial charge in [-0.15, -0.1) is 0 Å². The number of hydrogen-bond donors (Lipinski definition) is 0. The van der Waals surface area contributed by atoms with E-state index >= 15 is 0 Å². The van der Waals surface area contributed by atoms with Crippen molar-refractivity contribution >= 4 is 28.7 Å². The van der Waals surface area contributed by atoms with Gasteiger partial charge in [-0.3, -0.25) is 14.4 Å². The number of hydrogen-bond acceptors (Lipinski definition) is 4. The van der Waals surface area contributed by atoms with Crippen molar-refractivity contribution in [3.63, 3.8) is 0 Å². The quantitative estimate of drug-likeness (QED) is 0.731. The molecule has 6 nitrogen and oxygen atoms in total. The highest BCUT2D eigenvalue weighted by Gasteiger charge is 2.38. The third kappa shape index (κ3) is 1.61. The molecule has 0 unspecified atom stereocenters. The monoisotopic (exact) mass is 272 g/mol. The second-order valence-corrected chi connectivity index (χ2v) is 4.62. The summed E-state index contributed by atoms with van der Waals surface area (Å²) < 4.78 is 5.53. The molecule has 2 heterocycles. The number of amides is 3. The Morgan fingerprint density at radius 1 is 1.15 bits per heavy atom. The summed E-state index contributed by atoms with van der Waals surface area (Å²) in [6, 6.07) is 7.20. The van der Waals surface area contributed by atoms with Crippen molar-refractivity contribution in [3.8, 4) is 0 Å². The van der Waals surface area contributed by atoms with Crippen LogP contribution in [-0.2, 0) is 16.1 Å². The van der Waals surface area contributed by atoms with Crippen LogP contribution in [0.5, 0.6) is 0 Å². The Balaban J connectivity index is 2.23. The van der Waals surface area contributed by atoms with Gasteiger partial charge in [-0.25, -0.2) is 5.01 Å². The van der Waals surface area contributed by atoms with Crippen molar-refractivity contribution in [1.82, 2.24) is 10.0 Å².